The second-order valence-electron chi connectivity index (χ2n) is 21.2. The Labute approximate surface area is 458 Å². The Morgan fingerprint density at radius 1 is 0.231 bits per heavy atom. The third kappa shape index (κ3) is 7.71. The number of anilines is 6. The minimum Gasteiger partial charge on any atom is -0.310 e. The van der Waals surface area contributed by atoms with E-state index in [0.717, 1.165) is 39.7 Å². The van der Waals surface area contributed by atoms with E-state index in [9.17, 15) is 0 Å². The number of rotatable bonds is 11. The Morgan fingerprint density at radius 2 is 0.590 bits per heavy atom. The highest BCUT2D eigenvalue weighted by molar-refractivity contribution is 5.97. The second kappa shape index (κ2) is 19.1. The summed E-state index contributed by atoms with van der Waals surface area (Å²) in [6, 6.07) is 112. The average Bonchev–Trinajstić information content (AvgIpc) is 3.42. The molecule has 0 saturated carbocycles. The van der Waals surface area contributed by atoms with Gasteiger partial charge in [0.05, 0.1) is 5.41 Å². The molecule has 2 heteroatoms. The average molecular weight is 997 g/mol. The molecule has 78 heavy (non-hydrogen) atoms. The molecule has 370 valence electrons. The predicted molar refractivity (Wildman–Crippen MR) is 327 cm³/mol. The van der Waals surface area contributed by atoms with Gasteiger partial charge >= 0.3 is 0 Å². The van der Waals surface area contributed by atoms with E-state index in [4.69, 9.17) is 0 Å². The van der Waals surface area contributed by atoms with E-state index in [1.807, 2.05) is 0 Å². The van der Waals surface area contributed by atoms with Gasteiger partial charge in [0.2, 0.25) is 0 Å². The summed E-state index contributed by atoms with van der Waals surface area (Å²) < 4.78 is 0. The lowest BCUT2D eigenvalue weighted by atomic mass is 9.67. The predicted octanol–water partition coefficient (Wildman–Crippen LogP) is 20.3. The first kappa shape index (κ1) is 46.7. The van der Waals surface area contributed by atoms with Crippen molar-refractivity contribution in [2.24, 2.45) is 0 Å². The van der Waals surface area contributed by atoms with Crippen molar-refractivity contribution in [3.63, 3.8) is 0 Å². The maximum atomic E-state index is 2.47. The van der Waals surface area contributed by atoms with Crippen molar-refractivity contribution in [1.29, 1.82) is 0 Å². The van der Waals surface area contributed by atoms with E-state index >= 15 is 0 Å². The molecule has 2 aliphatic rings. The quantitative estimate of drug-likeness (QED) is 0.127. The van der Waals surface area contributed by atoms with Gasteiger partial charge in [-0.1, -0.05) is 244 Å². The van der Waals surface area contributed by atoms with Crippen molar-refractivity contribution in [3.05, 3.63) is 337 Å². The molecule has 0 amide bonds. The summed E-state index contributed by atoms with van der Waals surface area (Å²) >= 11 is 0. The van der Waals surface area contributed by atoms with E-state index in [-0.39, 0.29) is 5.41 Å². The molecule has 0 radical (unpaired) electrons. The summed E-state index contributed by atoms with van der Waals surface area (Å²) in [6.07, 6.45) is 0. The number of hydrogen-bond acceptors (Lipinski definition) is 2. The lowest BCUT2D eigenvalue weighted by Crippen LogP contribution is -2.28. The molecule has 0 spiro atoms. The van der Waals surface area contributed by atoms with Crippen molar-refractivity contribution in [2.75, 3.05) is 9.80 Å². The van der Waals surface area contributed by atoms with Crippen LogP contribution in [0.15, 0.2) is 303 Å². The van der Waals surface area contributed by atoms with Crippen molar-refractivity contribution >= 4 is 34.1 Å². The van der Waals surface area contributed by atoms with Crippen LogP contribution < -0.4 is 9.80 Å². The second-order valence-corrected chi connectivity index (χ2v) is 21.2. The van der Waals surface area contributed by atoms with Crippen LogP contribution in [-0.2, 0) is 10.8 Å². The van der Waals surface area contributed by atoms with E-state index in [1.165, 1.54) is 83.5 Å². The standard InChI is InChI=1S/C76H56N2/c1-75(2)70-33-19-18-31-67(70)68-49-47-64(51-72(68)75)78(62-43-37-56(38-44-62)54-23-10-4-11-24-54)63-45-39-57(40-46-63)66-32-20-34-71-74(66)69-50-48-65(52-73(69)76(71,58-25-12-5-13-26-58)59-27-14-6-15-28-59)77(60-29-16-7-17-30-60)61-41-35-55(36-42-61)53-21-8-3-9-22-53/h3-52H,1-2H3. The van der Waals surface area contributed by atoms with Crippen LogP contribution in [0.5, 0.6) is 0 Å². The lowest BCUT2D eigenvalue weighted by molar-refractivity contribution is 0.660. The highest BCUT2D eigenvalue weighted by Gasteiger charge is 2.47. The molecule has 0 atom stereocenters. The first-order valence-electron chi connectivity index (χ1n) is 27.2. The van der Waals surface area contributed by atoms with Gasteiger partial charge in [-0.15, -0.1) is 0 Å². The van der Waals surface area contributed by atoms with Gasteiger partial charge in [-0.25, -0.2) is 0 Å². The normalized spacial score (nSPS) is 13.2. The smallest absolute Gasteiger partial charge is 0.0714 e. The summed E-state index contributed by atoms with van der Waals surface area (Å²) in [5, 5.41) is 0. The summed E-state index contributed by atoms with van der Waals surface area (Å²) in [4.78, 5) is 4.83. The minimum atomic E-state index is -0.623. The van der Waals surface area contributed by atoms with Crippen LogP contribution in [0, 0.1) is 0 Å². The number of nitrogens with zero attached hydrogens (tertiary/aromatic N) is 2. The minimum absolute atomic E-state index is 0.137. The number of para-hydroxylation sites is 1. The molecule has 2 aliphatic carbocycles. The zero-order valence-corrected chi connectivity index (χ0v) is 43.8. The van der Waals surface area contributed by atoms with Gasteiger partial charge < -0.3 is 9.80 Å². The molecule has 0 aliphatic heterocycles. The maximum Gasteiger partial charge on any atom is 0.0714 e. The summed E-state index contributed by atoms with van der Waals surface area (Å²) in [7, 11) is 0. The monoisotopic (exact) mass is 996 g/mol. The highest BCUT2D eigenvalue weighted by Crippen LogP contribution is 2.60. The molecule has 0 unspecified atom stereocenters. The van der Waals surface area contributed by atoms with Crippen molar-refractivity contribution in [2.45, 2.75) is 24.7 Å². The highest BCUT2D eigenvalue weighted by atomic mass is 15.1. The molecule has 0 bridgehead atoms. The molecule has 0 fully saturated rings. The zero-order chi connectivity index (χ0) is 52.2. The van der Waals surface area contributed by atoms with Crippen molar-refractivity contribution in [1.82, 2.24) is 0 Å². The van der Waals surface area contributed by atoms with Crippen LogP contribution in [0.4, 0.5) is 34.1 Å². The number of benzene rings is 12. The van der Waals surface area contributed by atoms with Gasteiger partial charge in [0, 0.05) is 39.5 Å². The van der Waals surface area contributed by atoms with Crippen LogP contribution in [-0.4, -0.2) is 0 Å². The van der Waals surface area contributed by atoms with E-state index < -0.39 is 5.41 Å². The summed E-state index contributed by atoms with van der Waals surface area (Å²) in [5.74, 6) is 0. The van der Waals surface area contributed by atoms with Crippen LogP contribution in [0.2, 0.25) is 0 Å². The largest absolute Gasteiger partial charge is 0.310 e. The first-order chi connectivity index (χ1) is 38.4. The molecule has 14 rings (SSSR count). The fourth-order valence-corrected chi connectivity index (χ4v) is 12.9. The van der Waals surface area contributed by atoms with Crippen LogP contribution in [0.25, 0.3) is 55.6 Å². The molecule has 0 aromatic heterocycles. The Hall–Kier alpha value is -9.76. The molecule has 12 aromatic carbocycles. The lowest BCUT2D eigenvalue weighted by Gasteiger charge is -2.35. The van der Waals surface area contributed by atoms with Crippen molar-refractivity contribution < 1.29 is 0 Å². The zero-order valence-electron chi connectivity index (χ0n) is 43.8. The molecule has 0 N–H and O–H groups in total. The Balaban J connectivity index is 0.924. The van der Waals surface area contributed by atoms with Gasteiger partial charge in [0.25, 0.3) is 0 Å². The Kier molecular flexibility index (Phi) is 11.5. The Morgan fingerprint density at radius 3 is 1.12 bits per heavy atom. The van der Waals surface area contributed by atoms with Gasteiger partial charge in [0.1, 0.15) is 0 Å². The van der Waals surface area contributed by atoms with Crippen molar-refractivity contribution in [3.8, 4) is 55.6 Å². The number of hydrogen-bond donors (Lipinski definition) is 0. The molecule has 0 heterocycles. The fraction of sp³-hybridized carbons (Fsp3) is 0.0526. The van der Waals surface area contributed by atoms with Gasteiger partial charge in [-0.2, -0.15) is 0 Å². The topological polar surface area (TPSA) is 6.48 Å². The van der Waals surface area contributed by atoms with Crippen LogP contribution >= 0.6 is 0 Å². The van der Waals surface area contributed by atoms with Crippen LogP contribution in [0.1, 0.15) is 47.2 Å². The third-order valence-electron chi connectivity index (χ3n) is 16.6. The van der Waals surface area contributed by atoms with Gasteiger partial charge in [0.15, 0.2) is 0 Å². The molecular weight excluding hydrogens is 941 g/mol. The molecule has 0 saturated heterocycles. The van der Waals surface area contributed by atoms with Crippen LogP contribution in [0.3, 0.4) is 0 Å². The molecular formula is C76H56N2. The van der Waals surface area contributed by atoms with E-state index in [0.29, 0.717) is 0 Å². The fourth-order valence-electron chi connectivity index (χ4n) is 12.9. The van der Waals surface area contributed by atoms with Gasteiger partial charge in [-0.05, 0) is 162 Å². The SMILES string of the molecule is CC1(C)c2ccccc2-c2ccc(N(c3ccc(-c4ccccc4)cc3)c3ccc(-c4cccc5c4-c4ccc(N(c6ccccc6)c6ccc(-c7ccccc7)cc6)cc4C5(c4ccccc4)c4ccccc4)cc3)cc21. The maximum absolute atomic E-state index is 2.47. The molecule has 2 nitrogen and oxygen atoms in total. The molecule has 12 aromatic rings. The first-order valence-corrected chi connectivity index (χ1v) is 27.2. The van der Waals surface area contributed by atoms with Gasteiger partial charge in [-0.3, -0.25) is 0 Å². The third-order valence-corrected chi connectivity index (χ3v) is 16.6. The summed E-state index contributed by atoms with van der Waals surface area (Å²) in [5.41, 5.74) is 25.8. The number of fused-ring (bicyclic) bond motifs is 6. The summed E-state index contributed by atoms with van der Waals surface area (Å²) in [6.45, 7) is 4.72. The van der Waals surface area contributed by atoms with E-state index in [1.54, 1.807) is 0 Å². The Bertz CT molecular complexity index is 4070. The van der Waals surface area contributed by atoms with E-state index in [2.05, 4.69) is 327 Å².